The van der Waals surface area contributed by atoms with Gasteiger partial charge in [-0.3, -0.25) is 0 Å². The van der Waals surface area contributed by atoms with Crippen LogP contribution in [0.1, 0.15) is 11.1 Å². The average Bonchev–Trinajstić information content (AvgIpc) is 2.93. The molecule has 0 spiro atoms. The van der Waals surface area contributed by atoms with Crippen LogP contribution in [0.15, 0.2) is 53.7 Å². The summed E-state index contributed by atoms with van der Waals surface area (Å²) < 4.78 is 1.94. The second kappa shape index (κ2) is 6.55. The van der Waals surface area contributed by atoms with Crippen LogP contribution in [0.5, 0.6) is 0 Å². The van der Waals surface area contributed by atoms with Crippen LogP contribution >= 0.6 is 23.4 Å². The summed E-state index contributed by atoms with van der Waals surface area (Å²) in [7, 11) is 0. The molecular weight excluding hydrogens is 314 g/mol. The molecule has 3 nitrogen and oxygen atoms in total. The number of nitrogens with zero attached hydrogens (tertiary/aromatic N) is 3. The molecule has 0 fully saturated rings. The van der Waals surface area contributed by atoms with Gasteiger partial charge in [-0.1, -0.05) is 65.3 Å². The molecule has 0 unspecified atom stereocenters. The van der Waals surface area contributed by atoms with Gasteiger partial charge in [0.25, 0.3) is 0 Å². The predicted octanol–water partition coefficient (Wildman–Crippen LogP) is 4.68. The summed E-state index contributed by atoms with van der Waals surface area (Å²) in [6.45, 7) is 2.75. The fourth-order valence-corrected chi connectivity index (χ4v) is 2.68. The van der Waals surface area contributed by atoms with Crippen LogP contribution < -0.4 is 0 Å². The highest BCUT2D eigenvalue weighted by Crippen LogP contribution is 2.22. The lowest BCUT2D eigenvalue weighted by Gasteiger charge is -2.06. The maximum atomic E-state index is 5.95. The van der Waals surface area contributed by atoms with Gasteiger partial charge in [-0.25, -0.2) is 9.67 Å². The Labute approximate surface area is 139 Å². The maximum absolute atomic E-state index is 5.95. The molecule has 5 heteroatoms. The Bertz CT molecular complexity index is 764. The monoisotopic (exact) mass is 329 g/mol. The Balaban J connectivity index is 1.97. The molecule has 1 aromatic heterocycles. The first-order valence-electron chi connectivity index (χ1n) is 6.96. The van der Waals surface area contributed by atoms with Crippen molar-refractivity contribution in [3.63, 3.8) is 0 Å². The summed E-state index contributed by atoms with van der Waals surface area (Å²) in [5, 5.41) is 6.10. The molecule has 0 saturated carbocycles. The zero-order valence-corrected chi connectivity index (χ0v) is 14.0. The Morgan fingerprint density at radius 2 is 1.73 bits per heavy atom. The van der Waals surface area contributed by atoms with Crippen LogP contribution in [-0.4, -0.2) is 21.0 Å². The van der Waals surface area contributed by atoms with Crippen LogP contribution in [0.3, 0.4) is 0 Å². The maximum Gasteiger partial charge on any atom is 0.208 e. The van der Waals surface area contributed by atoms with E-state index < -0.39 is 0 Å². The van der Waals surface area contributed by atoms with Gasteiger partial charge >= 0.3 is 0 Å². The first-order chi connectivity index (χ1) is 10.7. The minimum Gasteiger partial charge on any atom is -0.240 e. The highest BCUT2D eigenvalue weighted by Gasteiger charge is 2.12. The topological polar surface area (TPSA) is 30.7 Å². The van der Waals surface area contributed by atoms with Gasteiger partial charge in [0, 0.05) is 10.6 Å². The molecule has 0 aliphatic carbocycles. The normalized spacial score (nSPS) is 10.9. The van der Waals surface area contributed by atoms with E-state index in [1.54, 1.807) is 11.8 Å². The van der Waals surface area contributed by atoms with Crippen molar-refractivity contribution in [1.29, 1.82) is 0 Å². The van der Waals surface area contributed by atoms with Crippen molar-refractivity contribution in [1.82, 2.24) is 14.8 Å². The third-order valence-electron chi connectivity index (χ3n) is 3.39. The molecule has 0 radical (unpaired) electrons. The Kier molecular flexibility index (Phi) is 4.50. The molecule has 0 atom stereocenters. The Hall–Kier alpha value is -1.78. The molecule has 22 heavy (non-hydrogen) atoms. The molecule has 0 saturated heterocycles. The molecular formula is C17H16ClN3S. The van der Waals surface area contributed by atoms with E-state index in [2.05, 4.69) is 41.3 Å². The molecule has 3 aromatic rings. The smallest absolute Gasteiger partial charge is 0.208 e. The van der Waals surface area contributed by atoms with Crippen LogP contribution in [0.4, 0.5) is 0 Å². The van der Waals surface area contributed by atoms with Crippen molar-refractivity contribution >= 4 is 23.4 Å². The molecule has 3 rings (SSSR count). The van der Waals surface area contributed by atoms with Crippen LogP contribution in [-0.2, 0) is 6.54 Å². The lowest BCUT2D eigenvalue weighted by atomic mass is 10.1. The number of hydrogen-bond acceptors (Lipinski definition) is 3. The number of hydrogen-bond donors (Lipinski definition) is 0. The molecule has 0 aliphatic heterocycles. The zero-order valence-electron chi connectivity index (χ0n) is 12.5. The van der Waals surface area contributed by atoms with Crippen molar-refractivity contribution in [2.24, 2.45) is 0 Å². The molecule has 2 aromatic carbocycles. The fraction of sp³-hybridized carbons (Fsp3) is 0.176. The van der Waals surface area contributed by atoms with Gasteiger partial charge in [-0.15, -0.1) is 5.10 Å². The fourth-order valence-electron chi connectivity index (χ4n) is 2.20. The second-order valence-electron chi connectivity index (χ2n) is 5.07. The third-order valence-corrected chi connectivity index (χ3v) is 4.18. The van der Waals surface area contributed by atoms with Gasteiger partial charge in [0.1, 0.15) is 0 Å². The van der Waals surface area contributed by atoms with Gasteiger partial charge in [-0.05, 0) is 30.9 Å². The largest absolute Gasteiger partial charge is 0.240 e. The average molecular weight is 330 g/mol. The van der Waals surface area contributed by atoms with Crippen LogP contribution in [0.2, 0.25) is 5.02 Å². The summed E-state index contributed by atoms with van der Waals surface area (Å²) in [6, 6.07) is 16.2. The number of aromatic nitrogens is 3. The summed E-state index contributed by atoms with van der Waals surface area (Å²) in [6.07, 6.45) is 1.99. The number of thioether (sulfide) groups is 1. The highest BCUT2D eigenvalue weighted by atomic mass is 35.5. The van der Waals surface area contributed by atoms with Crippen molar-refractivity contribution in [3.05, 3.63) is 64.7 Å². The Morgan fingerprint density at radius 3 is 2.36 bits per heavy atom. The summed E-state index contributed by atoms with van der Waals surface area (Å²) in [5.74, 6) is 0.888. The predicted molar refractivity (Wildman–Crippen MR) is 92.5 cm³/mol. The molecule has 0 aliphatic rings. The van der Waals surface area contributed by atoms with E-state index in [1.807, 2.05) is 35.2 Å². The van der Waals surface area contributed by atoms with Crippen molar-refractivity contribution in [2.75, 3.05) is 6.26 Å². The molecule has 0 bridgehead atoms. The number of benzene rings is 2. The molecule has 0 N–H and O–H groups in total. The van der Waals surface area contributed by atoms with Gasteiger partial charge in [0.2, 0.25) is 5.16 Å². The van der Waals surface area contributed by atoms with Crippen molar-refractivity contribution in [2.45, 2.75) is 18.6 Å². The summed E-state index contributed by atoms with van der Waals surface area (Å²) in [5.41, 5.74) is 3.46. The molecule has 0 amide bonds. The number of halogens is 1. The molecule has 112 valence electrons. The van der Waals surface area contributed by atoms with Gasteiger partial charge in [-0.2, -0.15) is 0 Å². The van der Waals surface area contributed by atoms with E-state index in [1.165, 1.54) is 5.56 Å². The zero-order chi connectivity index (χ0) is 15.5. The van der Waals surface area contributed by atoms with Gasteiger partial charge in [0.15, 0.2) is 5.82 Å². The first-order valence-corrected chi connectivity index (χ1v) is 8.56. The minimum atomic E-state index is 0.675. The lowest BCUT2D eigenvalue weighted by Crippen LogP contribution is -2.04. The highest BCUT2D eigenvalue weighted by molar-refractivity contribution is 7.98. The van der Waals surface area contributed by atoms with Gasteiger partial charge < -0.3 is 0 Å². The summed E-state index contributed by atoms with van der Waals surface area (Å²) in [4.78, 5) is 4.63. The van der Waals surface area contributed by atoms with Crippen LogP contribution in [0, 0.1) is 6.92 Å². The minimum absolute atomic E-state index is 0.675. The van der Waals surface area contributed by atoms with E-state index in [9.17, 15) is 0 Å². The van der Waals surface area contributed by atoms with Crippen molar-refractivity contribution < 1.29 is 0 Å². The third kappa shape index (κ3) is 3.34. The second-order valence-corrected chi connectivity index (χ2v) is 6.28. The van der Waals surface area contributed by atoms with E-state index in [0.29, 0.717) is 6.54 Å². The van der Waals surface area contributed by atoms with E-state index >= 15 is 0 Å². The Morgan fingerprint density at radius 1 is 1.05 bits per heavy atom. The number of aryl methyl sites for hydroxylation is 1. The van der Waals surface area contributed by atoms with E-state index in [0.717, 1.165) is 27.1 Å². The van der Waals surface area contributed by atoms with Crippen LogP contribution in [0.25, 0.3) is 11.4 Å². The standard InChI is InChI=1S/C17H16ClN3S/c1-12-3-7-14(8-4-12)16-19-17(22-2)20-21(16)11-13-5-9-15(18)10-6-13/h3-10H,11H2,1-2H3. The van der Waals surface area contributed by atoms with Crippen molar-refractivity contribution in [3.8, 4) is 11.4 Å². The summed E-state index contributed by atoms with van der Waals surface area (Å²) >= 11 is 7.50. The quantitative estimate of drug-likeness (QED) is 0.651. The lowest BCUT2D eigenvalue weighted by molar-refractivity contribution is 0.673. The van der Waals surface area contributed by atoms with E-state index in [-0.39, 0.29) is 0 Å². The first kappa shape index (κ1) is 15.1. The SMILES string of the molecule is CSc1nc(-c2ccc(C)cc2)n(Cc2ccc(Cl)cc2)n1. The van der Waals surface area contributed by atoms with E-state index in [4.69, 9.17) is 11.6 Å². The van der Waals surface area contributed by atoms with Gasteiger partial charge in [0.05, 0.1) is 6.54 Å². The molecule has 1 heterocycles. The number of rotatable bonds is 4.